The summed E-state index contributed by atoms with van der Waals surface area (Å²) in [5.41, 5.74) is 10.9. The van der Waals surface area contributed by atoms with E-state index in [0.717, 1.165) is 48.1 Å². The summed E-state index contributed by atoms with van der Waals surface area (Å²) >= 11 is 0. The number of aromatic amines is 1. The molecule has 0 aliphatic carbocycles. The fourth-order valence-corrected chi connectivity index (χ4v) is 4.94. The molecule has 5 rings (SSSR count). The SMILES string of the molecule is CCC(=O)N1CCC(c2ccc(Nc3cc(NCc4ccc5cc[nH]c5c4)c(C(N)=O)cn3)cc2)CC1. The van der Waals surface area contributed by atoms with Crippen LogP contribution >= 0.6 is 0 Å². The molecular formula is C29H32N6O2. The molecule has 0 unspecified atom stereocenters. The van der Waals surface area contributed by atoms with E-state index >= 15 is 0 Å². The van der Waals surface area contributed by atoms with Crippen LogP contribution in [0.5, 0.6) is 0 Å². The summed E-state index contributed by atoms with van der Waals surface area (Å²) in [4.78, 5) is 33.5. The summed E-state index contributed by atoms with van der Waals surface area (Å²) in [5, 5.41) is 7.82. The fraction of sp³-hybridized carbons (Fsp3) is 0.276. The van der Waals surface area contributed by atoms with Crippen LogP contribution in [-0.4, -0.2) is 39.8 Å². The van der Waals surface area contributed by atoms with E-state index in [-0.39, 0.29) is 5.91 Å². The number of carbonyl (C=O) groups is 2. The number of rotatable bonds is 8. The molecule has 0 bridgehead atoms. The van der Waals surface area contributed by atoms with Crippen molar-refractivity contribution in [3.8, 4) is 0 Å². The van der Waals surface area contributed by atoms with E-state index in [1.165, 1.54) is 11.8 Å². The third-order valence-corrected chi connectivity index (χ3v) is 7.08. The Labute approximate surface area is 216 Å². The van der Waals surface area contributed by atoms with E-state index in [4.69, 9.17) is 5.73 Å². The number of anilines is 3. The molecule has 0 saturated carbocycles. The molecule has 4 aromatic rings. The summed E-state index contributed by atoms with van der Waals surface area (Å²) in [6, 6.07) is 18.4. The molecule has 1 fully saturated rings. The van der Waals surface area contributed by atoms with Crippen LogP contribution in [0.15, 0.2) is 67.0 Å². The number of aromatic nitrogens is 2. The maximum Gasteiger partial charge on any atom is 0.252 e. The zero-order valence-corrected chi connectivity index (χ0v) is 21.0. The van der Waals surface area contributed by atoms with Gasteiger partial charge in [0.25, 0.3) is 5.91 Å². The quantitative estimate of drug-likeness (QED) is 0.270. The highest BCUT2D eigenvalue weighted by Gasteiger charge is 2.22. The molecule has 1 saturated heterocycles. The number of amides is 2. The van der Waals surface area contributed by atoms with Crippen molar-refractivity contribution < 1.29 is 9.59 Å². The molecule has 1 aliphatic rings. The number of nitrogens with two attached hydrogens (primary N) is 1. The number of pyridine rings is 1. The molecule has 8 nitrogen and oxygen atoms in total. The van der Waals surface area contributed by atoms with Crippen molar-refractivity contribution in [2.45, 2.75) is 38.6 Å². The second-order valence-corrected chi connectivity index (χ2v) is 9.49. The van der Waals surface area contributed by atoms with Gasteiger partial charge < -0.3 is 26.3 Å². The third-order valence-electron chi connectivity index (χ3n) is 7.08. The summed E-state index contributed by atoms with van der Waals surface area (Å²) < 4.78 is 0. The van der Waals surface area contributed by atoms with Gasteiger partial charge in [-0.2, -0.15) is 0 Å². The molecule has 190 valence electrons. The van der Waals surface area contributed by atoms with Gasteiger partial charge in [0.1, 0.15) is 5.82 Å². The monoisotopic (exact) mass is 496 g/mol. The second kappa shape index (κ2) is 10.7. The van der Waals surface area contributed by atoms with Gasteiger partial charge in [-0.1, -0.05) is 31.2 Å². The molecule has 2 aromatic heterocycles. The number of hydrogen-bond acceptors (Lipinski definition) is 5. The molecule has 0 spiro atoms. The van der Waals surface area contributed by atoms with Crippen molar-refractivity contribution in [1.29, 1.82) is 0 Å². The van der Waals surface area contributed by atoms with Crippen molar-refractivity contribution >= 4 is 39.9 Å². The highest BCUT2D eigenvalue weighted by molar-refractivity contribution is 5.98. The van der Waals surface area contributed by atoms with E-state index in [1.807, 2.05) is 42.3 Å². The van der Waals surface area contributed by atoms with Gasteiger partial charge in [-0.15, -0.1) is 0 Å². The van der Waals surface area contributed by atoms with Gasteiger partial charge in [0, 0.05) is 55.7 Å². The summed E-state index contributed by atoms with van der Waals surface area (Å²) in [6.45, 7) is 4.10. The Balaban J connectivity index is 1.25. The number of likely N-dealkylation sites (tertiary alicyclic amines) is 1. The minimum absolute atomic E-state index is 0.239. The Hall–Kier alpha value is -4.33. The maximum atomic E-state index is 12.0. The Morgan fingerprint density at radius 1 is 1.08 bits per heavy atom. The van der Waals surface area contributed by atoms with Gasteiger partial charge in [0.2, 0.25) is 5.91 Å². The first kappa shape index (κ1) is 24.4. The number of H-pyrrole nitrogens is 1. The van der Waals surface area contributed by atoms with E-state index < -0.39 is 5.91 Å². The molecule has 1 aliphatic heterocycles. The van der Waals surface area contributed by atoms with Crippen LogP contribution in [0.1, 0.15) is 53.6 Å². The van der Waals surface area contributed by atoms with Crippen molar-refractivity contribution in [3.63, 3.8) is 0 Å². The van der Waals surface area contributed by atoms with E-state index in [0.29, 0.717) is 36.0 Å². The van der Waals surface area contributed by atoms with Gasteiger partial charge in [-0.3, -0.25) is 9.59 Å². The van der Waals surface area contributed by atoms with E-state index in [2.05, 4.69) is 50.9 Å². The van der Waals surface area contributed by atoms with E-state index in [1.54, 1.807) is 0 Å². The average molecular weight is 497 g/mol. The predicted molar refractivity (Wildman–Crippen MR) is 147 cm³/mol. The number of piperidine rings is 1. The number of nitrogens with one attached hydrogen (secondary N) is 3. The maximum absolute atomic E-state index is 12.0. The predicted octanol–water partition coefficient (Wildman–Crippen LogP) is 5.13. The molecule has 0 radical (unpaired) electrons. The topological polar surface area (TPSA) is 116 Å². The smallest absolute Gasteiger partial charge is 0.252 e. The minimum Gasteiger partial charge on any atom is -0.380 e. The second-order valence-electron chi connectivity index (χ2n) is 9.49. The Kier molecular flexibility index (Phi) is 7.07. The van der Waals surface area contributed by atoms with Crippen LogP contribution in [0.2, 0.25) is 0 Å². The lowest BCUT2D eigenvalue weighted by Gasteiger charge is -2.32. The number of nitrogens with zero attached hydrogens (tertiary/aromatic N) is 2. The zero-order valence-electron chi connectivity index (χ0n) is 21.0. The highest BCUT2D eigenvalue weighted by Crippen LogP contribution is 2.30. The Morgan fingerprint density at radius 2 is 1.86 bits per heavy atom. The minimum atomic E-state index is -0.530. The van der Waals surface area contributed by atoms with E-state index in [9.17, 15) is 9.59 Å². The van der Waals surface area contributed by atoms with Crippen molar-refractivity contribution in [2.24, 2.45) is 5.73 Å². The lowest BCUT2D eigenvalue weighted by molar-refractivity contribution is -0.131. The molecule has 8 heteroatoms. The van der Waals surface area contributed by atoms with Gasteiger partial charge in [0.05, 0.1) is 11.3 Å². The summed E-state index contributed by atoms with van der Waals surface area (Å²) in [6.07, 6.45) is 5.96. The summed E-state index contributed by atoms with van der Waals surface area (Å²) in [7, 11) is 0. The molecule has 2 amide bonds. The number of hydrogen-bond donors (Lipinski definition) is 4. The first-order valence-corrected chi connectivity index (χ1v) is 12.7. The van der Waals surface area contributed by atoms with Crippen LogP contribution in [0.25, 0.3) is 10.9 Å². The normalized spacial score (nSPS) is 14.0. The zero-order chi connectivity index (χ0) is 25.8. The Morgan fingerprint density at radius 3 is 2.59 bits per heavy atom. The van der Waals surface area contributed by atoms with Crippen LogP contribution < -0.4 is 16.4 Å². The van der Waals surface area contributed by atoms with Crippen molar-refractivity contribution in [2.75, 3.05) is 23.7 Å². The number of primary amides is 1. The molecular weight excluding hydrogens is 464 g/mol. The lowest BCUT2D eigenvalue weighted by Crippen LogP contribution is -2.37. The number of fused-ring (bicyclic) bond motifs is 1. The van der Waals surface area contributed by atoms with Crippen LogP contribution in [0, 0.1) is 0 Å². The fourth-order valence-electron chi connectivity index (χ4n) is 4.94. The van der Waals surface area contributed by atoms with Crippen LogP contribution in [0.3, 0.4) is 0 Å². The lowest BCUT2D eigenvalue weighted by atomic mass is 9.89. The molecule has 0 atom stereocenters. The largest absolute Gasteiger partial charge is 0.380 e. The average Bonchev–Trinajstić information content (AvgIpc) is 3.40. The molecule has 2 aromatic carbocycles. The molecule has 3 heterocycles. The first-order valence-electron chi connectivity index (χ1n) is 12.7. The highest BCUT2D eigenvalue weighted by atomic mass is 16.2. The number of benzene rings is 2. The van der Waals surface area contributed by atoms with Crippen LogP contribution in [-0.2, 0) is 11.3 Å². The summed E-state index contributed by atoms with van der Waals surface area (Å²) in [5.74, 6) is 0.788. The standard InChI is InChI=1S/C29H32N6O2/c1-2-28(36)35-13-10-21(11-14-35)20-5-7-23(8-6-20)34-27-16-26(24(18-33-27)29(30)37)32-17-19-3-4-22-9-12-31-25(22)15-19/h3-9,12,15-16,18,21,31H,2,10-11,13-14,17H2,1H3,(H2,30,37)(H2,32,33,34). The van der Waals surface area contributed by atoms with Gasteiger partial charge in [0.15, 0.2) is 0 Å². The van der Waals surface area contributed by atoms with Crippen LogP contribution in [0.4, 0.5) is 17.2 Å². The van der Waals surface area contributed by atoms with Gasteiger partial charge >= 0.3 is 0 Å². The molecule has 5 N–H and O–H groups in total. The first-order chi connectivity index (χ1) is 18.0. The van der Waals surface area contributed by atoms with Crippen molar-refractivity contribution in [3.05, 3.63) is 83.7 Å². The van der Waals surface area contributed by atoms with Crippen molar-refractivity contribution in [1.82, 2.24) is 14.9 Å². The van der Waals surface area contributed by atoms with Gasteiger partial charge in [-0.25, -0.2) is 4.98 Å². The molecule has 37 heavy (non-hydrogen) atoms. The Bertz CT molecular complexity index is 1400. The third kappa shape index (κ3) is 5.58. The number of carbonyl (C=O) groups excluding carboxylic acids is 2. The van der Waals surface area contributed by atoms with Gasteiger partial charge in [-0.05, 0) is 59.5 Å².